The minimum Gasteiger partial charge on any atom is -0.490 e. The number of amides is 2. The van der Waals surface area contributed by atoms with Crippen LogP contribution in [0.4, 0.5) is 17.3 Å². The van der Waals surface area contributed by atoms with E-state index in [0.29, 0.717) is 43.4 Å². The molecule has 38 heteroatoms. The summed E-state index contributed by atoms with van der Waals surface area (Å²) in [4.78, 5) is 102. The molecular weight excluding hydrogens is 1630 g/mol. The van der Waals surface area contributed by atoms with E-state index >= 15 is 0 Å². The van der Waals surface area contributed by atoms with Gasteiger partial charge in [-0.05, 0) is 119 Å². The van der Waals surface area contributed by atoms with E-state index in [1.54, 1.807) is 48.0 Å². The molecule has 10 N–H and O–H groups in total. The summed E-state index contributed by atoms with van der Waals surface area (Å²) in [7, 11) is -15.7. The zero-order valence-electron chi connectivity index (χ0n) is 66.0. The first-order valence-electron chi connectivity index (χ1n) is 37.6. The third-order valence-electron chi connectivity index (χ3n) is 18.9. The number of phosphoric acid groups is 3. The van der Waals surface area contributed by atoms with Gasteiger partial charge in [0, 0.05) is 83.3 Å². The molecule has 5 heterocycles. The maximum Gasteiger partial charge on any atom is 0.490 e. The Bertz CT molecular complexity index is 4660. The number of nitrogens with zero attached hydrogens (tertiary/aromatic N) is 4. The van der Waals surface area contributed by atoms with E-state index in [0.717, 1.165) is 68.6 Å². The molecule has 2 amide bonds. The maximum atomic E-state index is 13.4. The molecule has 0 saturated carbocycles. The first-order chi connectivity index (χ1) is 53.7. The Morgan fingerprint density at radius 2 is 1.62 bits per heavy atom. The van der Waals surface area contributed by atoms with Crippen LogP contribution in [0, 0.1) is 18.8 Å². The summed E-state index contributed by atoms with van der Waals surface area (Å²) >= 11 is 0. The average molecular weight is 1740 g/mol. The number of nitrogens with two attached hydrogens (primary N) is 1. The van der Waals surface area contributed by atoms with Crippen molar-refractivity contribution in [3.63, 3.8) is 0 Å². The zero-order valence-corrected chi connectivity index (χ0v) is 72.7. The van der Waals surface area contributed by atoms with Crippen molar-refractivity contribution in [2.24, 2.45) is 0 Å². The standard InChI is InChI=1S/C76H107N8O22P3S5/c1-12-14-39-82-60-34-32-51(3)43-58(60)75(8,9)64(82)30-19-16-20-31-65-76(10,59-45-57(114(96,97)98)33-35-61(59)83(65)40-15-13-2)36-21-17-18-27-55(85)28-24-38-79-71(87)53-25-22-29-56(44-53)101-50-68(112-113-74(5,6)7)100-42-41-99-49-66(86)78-37-23-26-54-47-84(70-69(54)72(88)81-73(77)80-70)67-46-62(103-52(4)111-110-11)63(104-67)48-102-108(92,93)106-109(94,95)105-107(89,90)91/h16,19-20,22,25,29-35,43-45,47,52,62-64,67-68H,12-15,17-18,21,24,27-28,36-42,46,48-50H2,1-11H3,(H,78,86)(H,79,87)(H,92,93)(H,94,95)(H2,89,90,91)(H,96,97,98)(H3,77,80,81,88)/b20-16+,30-19+,65-31-/t52-,62?,63-,64?,67-,68?,76?/m1/s1. The number of aromatic nitrogens is 3. The Balaban J connectivity index is 0.777. The number of anilines is 3. The number of nitrogens with one attached hydrogen (secondary N) is 3. The minimum atomic E-state index is -5.82. The van der Waals surface area contributed by atoms with Gasteiger partial charge in [0.05, 0.1) is 54.4 Å². The molecule has 8 rings (SSSR count). The molecule has 0 aliphatic carbocycles. The molecule has 30 nitrogen and oxygen atoms in total. The van der Waals surface area contributed by atoms with Crippen molar-refractivity contribution in [3.05, 3.63) is 141 Å². The average Bonchev–Trinajstić information content (AvgIpc) is 1.60. The molecule has 3 aromatic carbocycles. The van der Waals surface area contributed by atoms with E-state index < -0.39 is 86.4 Å². The van der Waals surface area contributed by atoms with Gasteiger partial charge in [0.25, 0.3) is 21.6 Å². The van der Waals surface area contributed by atoms with Crippen LogP contribution < -0.4 is 36.5 Å². The van der Waals surface area contributed by atoms with E-state index in [9.17, 15) is 55.6 Å². The van der Waals surface area contributed by atoms with Gasteiger partial charge in [-0.3, -0.25) is 33.2 Å². The van der Waals surface area contributed by atoms with Gasteiger partial charge in [0.1, 0.15) is 48.0 Å². The Labute approximate surface area is 682 Å². The molecule has 3 aliphatic rings. The summed E-state index contributed by atoms with van der Waals surface area (Å²) in [5, 5.41) is 5.57. The predicted molar refractivity (Wildman–Crippen MR) is 448 cm³/mol. The number of hydrogen-bond donors (Lipinski definition) is 9. The number of aryl methyl sites for hydroxylation is 1. The second kappa shape index (κ2) is 42.3. The first kappa shape index (κ1) is 93.7. The molecule has 5 aromatic rings. The molecule has 6 unspecified atom stereocenters. The number of unbranched alkanes of at least 4 members (excludes halogenated alkanes) is 4. The lowest BCUT2D eigenvalue weighted by molar-refractivity contribution is -0.126. The van der Waals surface area contributed by atoms with Gasteiger partial charge >= 0.3 is 23.5 Å². The van der Waals surface area contributed by atoms with E-state index in [1.165, 1.54) is 66.0 Å². The number of carbonyl (C=O) groups is 3. The number of rotatable bonds is 45. The lowest BCUT2D eigenvalue weighted by Crippen LogP contribution is -2.40. The van der Waals surface area contributed by atoms with E-state index in [-0.39, 0.29) is 101 Å². The number of hydrogen-bond acceptors (Lipinski definition) is 25. The Morgan fingerprint density at radius 1 is 0.886 bits per heavy atom. The molecule has 0 bridgehead atoms. The van der Waals surface area contributed by atoms with Gasteiger partial charge in [0.2, 0.25) is 11.9 Å². The molecule has 1 saturated heterocycles. The molecule has 3 aliphatic heterocycles. The number of phosphoric ester groups is 1. The third-order valence-corrected chi connectivity index (χ3v) is 29.0. The fourth-order valence-corrected chi connectivity index (χ4v) is 20.7. The van der Waals surface area contributed by atoms with Crippen LogP contribution in [0.3, 0.4) is 0 Å². The molecule has 2 aromatic heterocycles. The van der Waals surface area contributed by atoms with Crippen molar-refractivity contribution in [1.29, 1.82) is 0 Å². The third kappa shape index (κ3) is 27.4. The SMILES string of the molecule is CCCCN1\C(=C/C=C/C=C/C2N(CCCC)c3ccc(C)cc3C2(C)C)C(C)(CCCCCC(=O)CCCNC(=O)c2cccc(OCC(OCCOCC(=O)NCC#Cc3cn([C@H]4CC(O[C@@H](C)SSC)[C@@H](COP(=O)(O)OP(=O)(O)OP(=O)(O)O)O4)c4nc(N)[nH]c(=O)c34)SSC(C)(C)C)c2)c2cc(S(=O)(=O)O)ccc21. The number of carbonyl (C=O) groups excluding carboxylic acids is 3. The number of aromatic amines is 1. The van der Waals surface area contributed by atoms with Gasteiger partial charge in [-0.15, -0.1) is 0 Å². The highest BCUT2D eigenvalue weighted by atomic mass is 33.1. The van der Waals surface area contributed by atoms with Crippen molar-refractivity contribution in [2.45, 2.75) is 202 Å². The summed E-state index contributed by atoms with van der Waals surface area (Å²) < 4.78 is 115. The molecule has 114 heavy (non-hydrogen) atoms. The quantitative estimate of drug-likeness (QED) is 0.00332. The largest absolute Gasteiger partial charge is 0.490 e. The number of allylic oxidation sites excluding steroid dienone is 5. The zero-order chi connectivity index (χ0) is 83.4. The van der Waals surface area contributed by atoms with E-state index in [4.69, 9.17) is 43.7 Å². The number of fused-ring (bicyclic) bond motifs is 3. The van der Waals surface area contributed by atoms with Crippen molar-refractivity contribution < 1.29 is 97.5 Å². The first-order valence-corrected chi connectivity index (χ1v) is 48.4. The molecule has 0 spiro atoms. The molecule has 1 fully saturated rings. The number of nitrogen functional groups attached to an aromatic ring is 1. The summed E-state index contributed by atoms with van der Waals surface area (Å²) in [5.74, 6) is 5.11. The fourth-order valence-electron chi connectivity index (χ4n) is 13.6. The highest BCUT2D eigenvalue weighted by Crippen LogP contribution is 2.66. The van der Waals surface area contributed by atoms with Crippen molar-refractivity contribution >= 4 is 123 Å². The summed E-state index contributed by atoms with van der Waals surface area (Å²) in [6.45, 7) is 22.0. The van der Waals surface area contributed by atoms with Crippen LogP contribution in [0.1, 0.15) is 178 Å². The topological polar surface area (TPSA) is 419 Å². The lowest BCUT2D eigenvalue weighted by Gasteiger charge is -2.32. The van der Waals surface area contributed by atoms with Gasteiger partial charge in [-0.1, -0.05) is 177 Å². The van der Waals surface area contributed by atoms with E-state index in [1.807, 2.05) is 12.3 Å². The lowest BCUT2D eigenvalue weighted by atomic mass is 9.77. The van der Waals surface area contributed by atoms with Gasteiger partial charge < -0.3 is 74.0 Å². The Morgan fingerprint density at radius 3 is 2.34 bits per heavy atom. The van der Waals surface area contributed by atoms with Gasteiger partial charge in [-0.25, -0.2) is 13.7 Å². The number of H-pyrrole nitrogens is 1. The van der Waals surface area contributed by atoms with Gasteiger partial charge in [-0.2, -0.15) is 22.0 Å². The van der Waals surface area contributed by atoms with Crippen LogP contribution in [-0.4, -0.2) is 164 Å². The second-order valence-corrected chi connectivity index (χ2v) is 41.2. The summed E-state index contributed by atoms with van der Waals surface area (Å²) in [5.41, 5.74) is 10.9. The fraction of sp³-hybridized carbons (Fsp3) is 0.539. The minimum absolute atomic E-state index is 0.00333. The molecular formula is C76H107N8O22P3S5. The Kier molecular flexibility index (Phi) is 34.7. The Hall–Kier alpha value is -5.77. The van der Waals surface area contributed by atoms with Crippen molar-refractivity contribution in [2.75, 3.05) is 81.0 Å². The number of Topliss-reactive ketones (excluding diaryl/α,β-unsaturated/α-hetero) is 1. The van der Waals surface area contributed by atoms with Crippen LogP contribution in [0.25, 0.3) is 11.0 Å². The monoisotopic (exact) mass is 1740 g/mol. The maximum absolute atomic E-state index is 13.4. The predicted octanol–water partition coefficient (Wildman–Crippen LogP) is 13.9. The second-order valence-electron chi connectivity index (χ2n) is 29.4. The summed E-state index contributed by atoms with van der Waals surface area (Å²) in [6.07, 6.45) is 19.0. The highest BCUT2D eigenvalue weighted by molar-refractivity contribution is 8.77. The van der Waals surface area contributed by atoms with Crippen LogP contribution in [-0.2, 0) is 76.3 Å². The van der Waals surface area contributed by atoms with Crippen molar-refractivity contribution in [1.82, 2.24) is 25.2 Å². The number of ether oxygens (including phenoxy) is 5. The molecule has 628 valence electrons. The van der Waals surface area contributed by atoms with Crippen LogP contribution in [0.5, 0.6) is 5.75 Å². The molecule has 9 atom stereocenters. The van der Waals surface area contributed by atoms with Crippen LogP contribution in [0.15, 0.2) is 113 Å². The number of ketones is 1. The van der Waals surface area contributed by atoms with E-state index in [2.05, 4.69) is 162 Å². The normalized spacial score (nSPS) is 20.2. The van der Waals surface area contributed by atoms with Crippen molar-refractivity contribution in [3.8, 4) is 17.6 Å². The summed E-state index contributed by atoms with van der Waals surface area (Å²) in [6, 6.07) is 18.6. The molecule has 0 radical (unpaired) electrons. The highest BCUT2D eigenvalue weighted by Gasteiger charge is 2.47. The number of benzene rings is 3. The van der Waals surface area contributed by atoms with Crippen LogP contribution >= 0.6 is 66.6 Å². The van der Waals surface area contributed by atoms with Crippen LogP contribution in [0.2, 0.25) is 0 Å². The van der Waals surface area contributed by atoms with Gasteiger partial charge in [0.15, 0.2) is 5.65 Å². The smallest absolute Gasteiger partial charge is 0.490 e.